The summed E-state index contributed by atoms with van der Waals surface area (Å²) in [6.07, 6.45) is 0. The minimum atomic E-state index is -1.34. The van der Waals surface area contributed by atoms with Gasteiger partial charge in [0.25, 0.3) is 17.6 Å². The van der Waals surface area contributed by atoms with Crippen LogP contribution in [0, 0.1) is 5.82 Å². The van der Waals surface area contributed by atoms with Gasteiger partial charge in [0.1, 0.15) is 24.2 Å². The van der Waals surface area contributed by atoms with Crippen molar-refractivity contribution < 1.29 is 37.8 Å². The standard InChI is InChI=1S/C34H30FN3O7/c1-43-24-15-13-23(14-16-24)36-33(41)31(21-12-17-28(44-2)29(18-21)45-3)38(19-22-8-4-6-10-26(22)35)30(39)20-37-27-11-7-5-9-25(27)32(40)34(37)42/h4-18,31H,19-20H2,1-3H3,(H,36,41). The number of fused-ring (bicyclic) bond motifs is 1. The highest BCUT2D eigenvalue weighted by atomic mass is 19.1. The van der Waals surface area contributed by atoms with Crippen molar-refractivity contribution in [2.45, 2.75) is 12.6 Å². The van der Waals surface area contributed by atoms with Crippen molar-refractivity contribution in [3.63, 3.8) is 0 Å². The van der Waals surface area contributed by atoms with Crippen molar-refractivity contribution in [2.75, 3.05) is 38.1 Å². The third kappa shape index (κ3) is 6.32. The van der Waals surface area contributed by atoms with Crippen molar-refractivity contribution in [1.29, 1.82) is 0 Å². The van der Waals surface area contributed by atoms with Crippen LogP contribution < -0.4 is 24.4 Å². The number of methoxy groups -OCH3 is 3. The lowest BCUT2D eigenvalue weighted by Crippen LogP contribution is -2.46. The second-order valence-corrected chi connectivity index (χ2v) is 10.1. The third-order valence-corrected chi connectivity index (χ3v) is 7.43. The number of ketones is 1. The van der Waals surface area contributed by atoms with Gasteiger partial charge < -0.3 is 24.4 Å². The molecule has 0 fully saturated rings. The Labute approximate surface area is 258 Å². The normalized spacial score (nSPS) is 12.8. The first-order valence-corrected chi connectivity index (χ1v) is 13.9. The Bertz CT molecular complexity index is 1760. The van der Waals surface area contributed by atoms with Gasteiger partial charge in [-0.2, -0.15) is 0 Å². The van der Waals surface area contributed by atoms with Crippen LogP contribution in [-0.4, -0.2) is 56.3 Å². The molecule has 230 valence electrons. The van der Waals surface area contributed by atoms with Gasteiger partial charge in [0.15, 0.2) is 11.5 Å². The molecule has 1 aliphatic rings. The van der Waals surface area contributed by atoms with E-state index in [2.05, 4.69) is 5.32 Å². The Morgan fingerprint density at radius 1 is 0.844 bits per heavy atom. The highest BCUT2D eigenvalue weighted by Crippen LogP contribution is 2.35. The summed E-state index contributed by atoms with van der Waals surface area (Å²) in [5.41, 5.74) is 1.32. The van der Waals surface area contributed by atoms with E-state index in [0.717, 1.165) is 4.90 Å². The minimum Gasteiger partial charge on any atom is -0.497 e. The van der Waals surface area contributed by atoms with E-state index in [4.69, 9.17) is 14.2 Å². The van der Waals surface area contributed by atoms with Crippen LogP contribution in [0.5, 0.6) is 17.2 Å². The molecule has 1 N–H and O–H groups in total. The number of anilines is 2. The molecule has 0 aromatic heterocycles. The first kappa shape index (κ1) is 30.7. The number of rotatable bonds is 11. The van der Waals surface area contributed by atoms with Crippen LogP contribution in [0.1, 0.15) is 27.5 Å². The average molecular weight is 612 g/mol. The second kappa shape index (κ2) is 13.3. The largest absolute Gasteiger partial charge is 0.497 e. The summed E-state index contributed by atoms with van der Waals surface area (Å²) in [4.78, 5) is 56.3. The maximum absolute atomic E-state index is 15.0. The molecule has 4 aromatic rings. The van der Waals surface area contributed by atoms with Crippen LogP contribution in [0.2, 0.25) is 0 Å². The molecule has 0 saturated carbocycles. The van der Waals surface area contributed by atoms with Gasteiger partial charge in [-0.15, -0.1) is 0 Å². The second-order valence-electron chi connectivity index (χ2n) is 10.1. The summed E-state index contributed by atoms with van der Waals surface area (Å²) >= 11 is 0. The van der Waals surface area contributed by atoms with E-state index in [9.17, 15) is 19.2 Å². The zero-order valence-electron chi connectivity index (χ0n) is 24.8. The van der Waals surface area contributed by atoms with Crippen molar-refractivity contribution in [1.82, 2.24) is 4.90 Å². The lowest BCUT2D eigenvalue weighted by atomic mass is 10.0. The Kier molecular flexibility index (Phi) is 9.08. The van der Waals surface area contributed by atoms with Gasteiger partial charge in [-0.25, -0.2) is 4.39 Å². The number of hydrogen-bond acceptors (Lipinski definition) is 7. The van der Waals surface area contributed by atoms with Crippen molar-refractivity contribution in [3.05, 3.63) is 114 Å². The number of Topliss-reactive ketones (excluding diaryl/α,β-unsaturated/α-hetero) is 1. The summed E-state index contributed by atoms with van der Waals surface area (Å²) in [7, 11) is 4.42. The van der Waals surface area contributed by atoms with E-state index in [1.807, 2.05) is 0 Å². The van der Waals surface area contributed by atoms with Crippen molar-refractivity contribution in [3.8, 4) is 17.2 Å². The van der Waals surface area contributed by atoms with Gasteiger partial charge in [-0.1, -0.05) is 36.4 Å². The number of halogens is 1. The van der Waals surface area contributed by atoms with Crippen molar-refractivity contribution in [2.24, 2.45) is 0 Å². The van der Waals surface area contributed by atoms with E-state index in [-0.39, 0.29) is 23.4 Å². The zero-order chi connectivity index (χ0) is 32.1. The van der Waals surface area contributed by atoms with Crippen LogP contribution in [0.15, 0.2) is 91.0 Å². The summed E-state index contributed by atoms with van der Waals surface area (Å²) in [5.74, 6) is -2.28. The van der Waals surface area contributed by atoms with Crippen molar-refractivity contribution >= 4 is 34.9 Å². The Morgan fingerprint density at radius 3 is 2.22 bits per heavy atom. The molecule has 1 heterocycles. The minimum absolute atomic E-state index is 0.137. The number of hydrogen-bond donors (Lipinski definition) is 1. The predicted molar refractivity (Wildman–Crippen MR) is 164 cm³/mol. The molecule has 1 unspecified atom stereocenters. The third-order valence-electron chi connectivity index (χ3n) is 7.43. The van der Waals surface area contributed by atoms with Gasteiger partial charge >= 0.3 is 0 Å². The van der Waals surface area contributed by atoms with Crippen LogP contribution in [0.25, 0.3) is 0 Å². The molecule has 1 aliphatic heterocycles. The fourth-order valence-corrected chi connectivity index (χ4v) is 5.15. The SMILES string of the molecule is COc1ccc(NC(=O)C(c2ccc(OC)c(OC)c2)N(Cc2ccccc2F)C(=O)CN2C(=O)C(=O)c3ccccc32)cc1. The van der Waals surface area contributed by atoms with Crippen LogP contribution in [0.3, 0.4) is 0 Å². The molecule has 10 nitrogen and oxygen atoms in total. The monoisotopic (exact) mass is 611 g/mol. The fraction of sp³-hybridized carbons (Fsp3) is 0.176. The summed E-state index contributed by atoms with van der Waals surface area (Å²) < 4.78 is 31.1. The molecule has 0 aliphatic carbocycles. The highest BCUT2D eigenvalue weighted by Gasteiger charge is 2.39. The van der Waals surface area contributed by atoms with Gasteiger partial charge in [-0.05, 0) is 60.2 Å². The molecule has 0 saturated heterocycles. The summed E-state index contributed by atoms with van der Waals surface area (Å²) in [5, 5.41) is 2.83. The number of nitrogens with one attached hydrogen (secondary N) is 1. The van der Waals surface area contributed by atoms with E-state index in [1.165, 1.54) is 50.5 Å². The van der Waals surface area contributed by atoms with Crippen LogP contribution >= 0.6 is 0 Å². The summed E-state index contributed by atoms with van der Waals surface area (Å²) in [6.45, 7) is -0.909. The Balaban J connectivity index is 1.60. The molecule has 5 rings (SSSR count). The smallest absolute Gasteiger partial charge is 0.299 e. The molecule has 45 heavy (non-hydrogen) atoms. The zero-order valence-corrected chi connectivity index (χ0v) is 24.8. The Hall–Kier alpha value is -5.71. The maximum atomic E-state index is 15.0. The van der Waals surface area contributed by atoms with Gasteiger partial charge in [0.05, 0.1) is 32.6 Å². The summed E-state index contributed by atoms with van der Waals surface area (Å²) in [6, 6.07) is 22.2. The first-order valence-electron chi connectivity index (χ1n) is 13.9. The molecule has 4 aromatic carbocycles. The van der Waals surface area contributed by atoms with Gasteiger partial charge in [0.2, 0.25) is 5.91 Å². The van der Waals surface area contributed by atoms with E-state index >= 15 is 4.39 Å². The topological polar surface area (TPSA) is 114 Å². The van der Waals surface area contributed by atoms with Crippen LogP contribution in [0.4, 0.5) is 15.8 Å². The maximum Gasteiger partial charge on any atom is 0.299 e. The van der Waals surface area contributed by atoms with E-state index < -0.39 is 41.9 Å². The average Bonchev–Trinajstić information content (AvgIpc) is 3.30. The number of ether oxygens (including phenoxy) is 3. The number of nitrogens with zero attached hydrogens (tertiary/aromatic N) is 2. The molecule has 0 spiro atoms. The Morgan fingerprint density at radius 2 is 1.53 bits per heavy atom. The molecule has 0 radical (unpaired) electrons. The molecule has 3 amide bonds. The number of carbonyl (C=O) groups excluding carboxylic acids is 4. The molecule has 1 atom stereocenters. The van der Waals surface area contributed by atoms with Gasteiger partial charge in [0, 0.05) is 17.8 Å². The predicted octanol–water partition coefficient (Wildman–Crippen LogP) is 4.79. The number of para-hydroxylation sites is 1. The molecular weight excluding hydrogens is 581 g/mol. The molecule has 11 heteroatoms. The van der Waals surface area contributed by atoms with Crippen LogP contribution in [-0.2, 0) is 20.9 Å². The molecular formula is C34H30FN3O7. The lowest BCUT2D eigenvalue weighted by molar-refractivity contribution is -0.139. The number of amides is 3. The lowest BCUT2D eigenvalue weighted by Gasteiger charge is -2.33. The number of benzene rings is 4. The number of carbonyl (C=O) groups is 4. The van der Waals surface area contributed by atoms with Gasteiger partial charge in [-0.3, -0.25) is 24.1 Å². The first-order chi connectivity index (χ1) is 21.7. The fourth-order valence-electron chi connectivity index (χ4n) is 5.15. The molecule has 0 bridgehead atoms. The van der Waals surface area contributed by atoms with E-state index in [1.54, 1.807) is 66.7 Å². The van der Waals surface area contributed by atoms with E-state index in [0.29, 0.717) is 28.5 Å². The quantitative estimate of drug-likeness (QED) is 0.243. The highest BCUT2D eigenvalue weighted by molar-refractivity contribution is 6.52.